The Kier molecular flexibility index (Phi) is 3.48. The number of morpholine rings is 1. The summed E-state index contributed by atoms with van der Waals surface area (Å²) in [6.07, 6.45) is 0.518. The third-order valence-electron chi connectivity index (χ3n) is 2.53. The number of Topliss-reactive ketones (excluding diaryl/α,β-unsaturated/α-hetero) is 1. The van der Waals surface area contributed by atoms with Crippen LogP contribution in [0.15, 0.2) is 30.3 Å². The molecule has 1 N–H and O–H groups in total. The van der Waals surface area contributed by atoms with Crippen LogP contribution in [0.2, 0.25) is 0 Å². The smallest absolute Gasteiger partial charge is 0.164 e. The van der Waals surface area contributed by atoms with Crippen LogP contribution in [0.4, 0.5) is 0 Å². The number of nitrogens with one attached hydrogen (secondary N) is 1. The van der Waals surface area contributed by atoms with Gasteiger partial charge in [0.2, 0.25) is 0 Å². The highest BCUT2D eigenvalue weighted by Gasteiger charge is 2.17. The van der Waals surface area contributed by atoms with Crippen molar-refractivity contribution in [2.45, 2.75) is 12.5 Å². The first-order chi connectivity index (χ1) is 7.36. The lowest BCUT2D eigenvalue weighted by atomic mass is 10.0. The maximum Gasteiger partial charge on any atom is 0.164 e. The largest absolute Gasteiger partial charge is 0.378 e. The fourth-order valence-electron chi connectivity index (χ4n) is 1.72. The second kappa shape index (κ2) is 5.05. The van der Waals surface area contributed by atoms with Gasteiger partial charge in [-0.05, 0) is 0 Å². The van der Waals surface area contributed by atoms with Gasteiger partial charge in [-0.2, -0.15) is 0 Å². The quantitative estimate of drug-likeness (QED) is 0.755. The van der Waals surface area contributed by atoms with Gasteiger partial charge in [0.15, 0.2) is 5.78 Å². The topological polar surface area (TPSA) is 38.3 Å². The molecule has 1 aromatic rings. The van der Waals surface area contributed by atoms with Crippen LogP contribution >= 0.6 is 0 Å². The third kappa shape index (κ3) is 2.88. The summed E-state index contributed by atoms with van der Waals surface area (Å²) < 4.78 is 5.30. The van der Waals surface area contributed by atoms with Gasteiger partial charge in [-0.25, -0.2) is 0 Å². The number of carbonyl (C=O) groups excluding carboxylic acids is 1. The average molecular weight is 205 g/mol. The van der Waals surface area contributed by atoms with E-state index < -0.39 is 0 Å². The van der Waals surface area contributed by atoms with Crippen LogP contribution in [0.3, 0.4) is 0 Å². The van der Waals surface area contributed by atoms with Gasteiger partial charge >= 0.3 is 0 Å². The lowest BCUT2D eigenvalue weighted by Crippen LogP contribution is -2.42. The Morgan fingerprint density at radius 2 is 2.20 bits per heavy atom. The number of ketones is 1. The lowest BCUT2D eigenvalue weighted by Gasteiger charge is -2.23. The Hall–Kier alpha value is -1.19. The number of ether oxygens (including phenoxy) is 1. The van der Waals surface area contributed by atoms with Crippen LogP contribution in [0.1, 0.15) is 16.8 Å². The van der Waals surface area contributed by atoms with Gasteiger partial charge in [-0.15, -0.1) is 0 Å². The van der Waals surface area contributed by atoms with Gasteiger partial charge in [0.25, 0.3) is 0 Å². The number of hydrogen-bond acceptors (Lipinski definition) is 3. The molecule has 1 fully saturated rings. The van der Waals surface area contributed by atoms with Crippen molar-refractivity contribution >= 4 is 5.78 Å². The molecule has 15 heavy (non-hydrogen) atoms. The van der Waals surface area contributed by atoms with Crippen molar-refractivity contribution in [3.05, 3.63) is 35.9 Å². The van der Waals surface area contributed by atoms with Crippen molar-refractivity contribution in [3.63, 3.8) is 0 Å². The van der Waals surface area contributed by atoms with Crippen molar-refractivity contribution in [1.29, 1.82) is 0 Å². The summed E-state index contributed by atoms with van der Waals surface area (Å²) in [6, 6.07) is 9.57. The highest BCUT2D eigenvalue weighted by Crippen LogP contribution is 2.07. The summed E-state index contributed by atoms with van der Waals surface area (Å²) in [7, 11) is 0. The summed E-state index contributed by atoms with van der Waals surface area (Å²) >= 11 is 0. The van der Waals surface area contributed by atoms with E-state index in [4.69, 9.17) is 4.74 Å². The molecule has 0 unspecified atom stereocenters. The van der Waals surface area contributed by atoms with Crippen LogP contribution in [0, 0.1) is 0 Å². The normalized spacial score (nSPS) is 21.2. The highest BCUT2D eigenvalue weighted by atomic mass is 16.5. The first kappa shape index (κ1) is 10.3. The van der Waals surface area contributed by atoms with E-state index >= 15 is 0 Å². The highest BCUT2D eigenvalue weighted by molar-refractivity contribution is 5.96. The Labute approximate surface area is 89.4 Å². The molecule has 0 radical (unpaired) electrons. The molecule has 1 heterocycles. The van der Waals surface area contributed by atoms with Crippen LogP contribution in [0.25, 0.3) is 0 Å². The molecule has 1 saturated heterocycles. The van der Waals surface area contributed by atoms with Crippen molar-refractivity contribution in [3.8, 4) is 0 Å². The first-order valence-corrected chi connectivity index (χ1v) is 5.25. The molecular weight excluding hydrogens is 190 g/mol. The summed E-state index contributed by atoms with van der Waals surface area (Å²) in [4.78, 5) is 11.8. The number of rotatable bonds is 3. The van der Waals surface area contributed by atoms with Gasteiger partial charge < -0.3 is 10.1 Å². The molecule has 3 nitrogen and oxygen atoms in total. The van der Waals surface area contributed by atoms with E-state index in [0.29, 0.717) is 13.0 Å². The summed E-state index contributed by atoms with van der Waals surface area (Å²) in [6.45, 7) is 2.22. The zero-order valence-corrected chi connectivity index (χ0v) is 8.61. The predicted molar refractivity (Wildman–Crippen MR) is 58.0 cm³/mol. The first-order valence-electron chi connectivity index (χ1n) is 5.25. The van der Waals surface area contributed by atoms with E-state index in [2.05, 4.69) is 5.32 Å². The molecule has 3 heteroatoms. The van der Waals surface area contributed by atoms with E-state index in [1.54, 1.807) is 0 Å². The van der Waals surface area contributed by atoms with Gasteiger partial charge in [-0.3, -0.25) is 4.79 Å². The van der Waals surface area contributed by atoms with E-state index in [-0.39, 0.29) is 11.8 Å². The molecule has 80 valence electrons. The molecule has 0 amide bonds. The zero-order chi connectivity index (χ0) is 10.5. The monoisotopic (exact) mass is 205 g/mol. The molecule has 0 aliphatic carbocycles. The zero-order valence-electron chi connectivity index (χ0n) is 8.61. The number of hydrogen-bond donors (Lipinski definition) is 1. The predicted octanol–water partition coefficient (Wildman–Crippen LogP) is 1.25. The lowest BCUT2D eigenvalue weighted by molar-refractivity contribution is 0.0676. The van der Waals surface area contributed by atoms with Crippen molar-refractivity contribution in [2.75, 3.05) is 19.8 Å². The molecule has 0 spiro atoms. The van der Waals surface area contributed by atoms with Crippen molar-refractivity contribution in [2.24, 2.45) is 0 Å². The van der Waals surface area contributed by atoms with E-state index in [9.17, 15) is 4.79 Å². The molecule has 1 atom stereocenters. The average Bonchev–Trinajstić information content (AvgIpc) is 2.31. The van der Waals surface area contributed by atoms with Gasteiger partial charge in [0.05, 0.1) is 13.2 Å². The number of carbonyl (C=O) groups is 1. The summed E-state index contributed by atoms with van der Waals surface area (Å²) in [5, 5.41) is 3.27. The molecule has 0 saturated carbocycles. The number of benzene rings is 1. The SMILES string of the molecule is O=C(C[C@H]1COCCN1)c1ccccc1. The second-order valence-corrected chi connectivity index (χ2v) is 3.72. The van der Waals surface area contributed by atoms with Crippen LogP contribution in [-0.2, 0) is 4.74 Å². The minimum atomic E-state index is 0.173. The molecule has 2 rings (SSSR count). The maximum atomic E-state index is 11.8. The molecule has 0 bridgehead atoms. The molecule has 1 aliphatic heterocycles. The fourth-order valence-corrected chi connectivity index (χ4v) is 1.72. The Morgan fingerprint density at radius 1 is 1.40 bits per heavy atom. The van der Waals surface area contributed by atoms with Gasteiger partial charge in [0.1, 0.15) is 0 Å². The Bertz CT molecular complexity index is 318. The van der Waals surface area contributed by atoms with E-state index in [1.807, 2.05) is 30.3 Å². The van der Waals surface area contributed by atoms with Crippen LogP contribution in [0.5, 0.6) is 0 Å². The van der Waals surface area contributed by atoms with Crippen molar-refractivity contribution < 1.29 is 9.53 Å². The third-order valence-corrected chi connectivity index (χ3v) is 2.53. The minimum Gasteiger partial charge on any atom is -0.378 e. The Balaban J connectivity index is 1.91. The Morgan fingerprint density at radius 3 is 2.87 bits per heavy atom. The molecule has 1 aromatic carbocycles. The second-order valence-electron chi connectivity index (χ2n) is 3.72. The van der Waals surface area contributed by atoms with E-state index in [0.717, 1.165) is 18.7 Å². The van der Waals surface area contributed by atoms with Crippen LogP contribution in [-0.4, -0.2) is 31.6 Å². The standard InChI is InChI=1S/C12H15NO2/c14-12(10-4-2-1-3-5-10)8-11-9-15-7-6-13-11/h1-5,11,13H,6-9H2/t11-/m0/s1. The summed E-state index contributed by atoms with van der Waals surface area (Å²) in [5.74, 6) is 0.179. The molecular formula is C12H15NO2. The molecule has 1 aliphatic rings. The van der Waals surface area contributed by atoms with Crippen molar-refractivity contribution in [1.82, 2.24) is 5.32 Å². The van der Waals surface area contributed by atoms with Gasteiger partial charge in [0, 0.05) is 24.6 Å². The van der Waals surface area contributed by atoms with Crippen LogP contribution < -0.4 is 5.32 Å². The fraction of sp³-hybridized carbons (Fsp3) is 0.417. The molecule has 0 aromatic heterocycles. The summed E-state index contributed by atoms with van der Waals surface area (Å²) in [5.41, 5.74) is 0.782. The van der Waals surface area contributed by atoms with E-state index in [1.165, 1.54) is 0 Å². The minimum absolute atomic E-state index is 0.173. The maximum absolute atomic E-state index is 11.8. The van der Waals surface area contributed by atoms with Gasteiger partial charge in [-0.1, -0.05) is 30.3 Å².